The summed E-state index contributed by atoms with van der Waals surface area (Å²) in [6.45, 7) is 6.18. The predicted molar refractivity (Wildman–Crippen MR) is 123 cm³/mol. The molecule has 0 unspecified atom stereocenters. The summed E-state index contributed by atoms with van der Waals surface area (Å²) < 4.78 is 22.8. The lowest BCUT2D eigenvalue weighted by molar-refractivity contribution is -0.151. The summed E-state index contributed by atoms with van der Waals surface area (Å²) in [7, 11) is 2.07. The Hall–Kier alpha value is -2.04. The number of nitrogens with zero attached hydrogens (tertiary/aromatic N) is 2. The molecule has 0 spiro atoms. The number of aliphatic hydroxyl groups is 1. The number of likely N-dealkylation sites (N-methyl/N-ethyl adjacent to an activating group) is 1. The molecule has 34 heavy (non-hydrogen) atoms. The molecule has 3 fully saturated rings. The smallest absolute Gasteiger partial charge is 0.339 e. The third-order valence-electron chi connectivity index (χ3n) is 6.81. The van der Waals surface area contributed by atoms with Gasteiger partial charge >= 0.3 is 11.9 Å². The van der Waals surface area contributed by atoms with Crippen LogP contribution >= 0.6 is 0 Å². The molecule has 0 aromatic heterocycles. The predicted octanol–water partition coefficient (Wildman–Crippen LogP) is 1.39. The minimum Gasteiger partial charge on any atom is -0.457 e. The van der Waals surface area contributed by atoms with Crippen molar-refractivity contribution in [3.05, 3.63) is 35.4 Å². The van der Waals surface area contributed by atoms with Crippen LogP contribution in [0.4, 0.5) is 0 Å². The third kappa shape index (κ3) is 5.95. The van der Waals surface area contributed by atoms with Crippen molar-refractivity contribution >= 4 is 11.9 Å². The number of fused-ring (bicyclic) bond motifs is 1. The zero-order chi connectivity index (χ0) is 24.1. The number of esters is 2. The van der Waals surface area contributed by atoms with E-state index in [1.54, 1.807) is 12.1 Å². The molecular weight excluding hydrogens is 440 g/mol. The van der Waals surface area contributed by atoms with E-state index in [0.29, 0.717) is 17.5 Å². The fourth-order valence-corrected chi connectivity index (χ4v) is 4.76. The first-order chi connectivity index (χ1) is 16.5. The first-order valence-electron chi connectivity index (χ1n) is 12.3. The van der Waals surface area contributed by atoms with Crippen LogP contribution in [0.3, 0.4) is 0 Å². The highest BCUT2D eigenvalue weighted by molar-refractivity contribution is 5.91. The molecule has 0 aliphatic carbocycles. The minimum absolute atomic E-state index is 0.169. The number of ether oxygens (including phenoxy) is 4. The van der Waals surface area contributed by atoms with Crippen LogP contribution in [0.1, 0.15) is 48.2 Å². The van der Waals surface area contributed by atoms with E-state index in [2.05, 4.69) is 23.8 Å². The van der Waals surface area contributed by atoms with Crippen LogP contribution in [-0.2, 0) is 23.7 Å². The van der Waals surface area contributed by atoms with Gasteiger partial charge in [-0.2, -0.15) is 0 Å². The van der Waals surface area contributed by atoms with E-state index in [1.807, 2.05) is 12.1 Å². The normalized spacial score (nSPS) is 28.4. The minimum atomic E-state index is -0.709. The molecule has 0 radical (unpaired) electrons. The highest BCUT2D eigenvalue weighted by Gasteiger charge is 2.49. The van der Waals surface area contributed by atoms with E-state index in [1.165, 1.54) is 0 Å². The Bertz CT molecular complexity index is 842. The maximum Gasteiger partial charge on any atom is 0.339 e. The van der Waals surface area contributed by atoms with Crippen LogP contribution in [0.25, 0.3) is 0 Å². The lowest BCUT2D eigenvalue weighted by atomic mass is 9.98. The Balaban J connectivity index is 1.43. The van der Waals surface area contributed by atoms with E-state index in [4.69, 9.17) is 18.9 Å². The van der Waals surface area contributed by atoms with Crippen LogP contribution in [0.2, 0.25) is 0 Å². The molecule has 9 nitrogen and oxygen atoms in total. The third-order valence-corrected chi connectivity index (χ3v) is 6.81. The van der Waals surface area contributed by atoms with Crippen molar-refractivity contribution in [3.8, 4) is 0 Å². The molecule has 1 aromatic rings. The molecule has 3 aliphatic heterocycles. The molecule has 188 valence electrons. The zero-order valence-electron chi connectivity index (χ0n) is 20.1. The van der Waals surface area contributed by atoms with Gasteiger partial charge in [0.25, 0.3) is 0 Å². The Kier molecular flexibility index (Phi) is 8.55. The van der Waals surface area contributed by atoms with Crippen LogP contribution in [0, 0.1) is 0 Å². The van der Waals surface area contributed by atoms with Gasteiger partial charge in [-0.05, 0) is 26.0 Å². The molecule has 3 aliphatic rings. The van der Waals surface area contributed by atoms with Gasteiger partial charge in [-0.1, -0.05) is 31.5 Å². The van der Waals surface area contributed by atoms with Crippen molar-refractivity contribution in [3.63, 3.8) is 0 Å². The molecule has 0 bridgehead atoms. The summed E-state index contributed by atoms with van der Waals surface area (Å²) in [5.74, 6) is -0.791. The van der Waals surface area contributed by atoms with Crippen molar-refractivity contribution in [1.29, 1.82) is 0 Å². The van der Waals surface area contributed by atoms with Gasteiger partial charge in [-0.25, -0.2) is 4.79 Å². The first-order valence-corrected chi connectivity index (χ1v) is 12.3. The number of unbranched alkanes of at least 4 members (excludes halogenated alkanes) is 1. The van der Waals surface area contributed by atoms with Crippen LogP contribution in [0.15, 0.2) is 24.3 Å². The standard InChI is InChI=1S/C25H36N2O7/c1-3-4-9-20(33-22(29)14-27-12-10-26(2)11-13-27)17-7-5-6-8-18(17)25(30)34-21-16-32-23-19(28)15-31-24(21)23/h5-8,19-21,23-24,28H,3-4,9-16H2,1-2H3/t19-,20-,21+,23+,24+/m0/s1. The Morgan fingerprint density at radius 1 is 1.12 bits per heavy atom. The van der Waals surface area contributed by atoms with E-state index >= 15 is 0 Å². The summed E-state index contributed by atoms with van der Waals surface area (Å²) in [4.78, 5) is 30.3. The molecule has 1 aromatic carbocycles. The number of benzene rings is 1. The molecule has 1 N–H and O–H groups in total. The molecule has 9 heteroatoms. The lowest BCUT2D eigenvalue weighted by Crippen LogP contribution is -2.46. The highest BCUT2D eigenvalue weighted by atomic mass is 16.6. The van der Waals surface area contributed by atoms with Crippen molar-refractivity contribution in [2.45, 2.75) is 56.7 Å². The van der Waals surface area contributed by atoms with Crippen molar-refractivity contribution < 1.29 is 33.6 Å². The van der Waals surface area contributed by atoms with E-state index in [-0.39, 0.29) is 25.7 Å². The van der Waals surface area contributed by atoms with E-state index in [0.717, 1.165) is 39.0 Å². The highest BCUT2D eigenvalue weighted by Crippen LogP contribution is 2.31. The maximum absolute atomic E-state index is 13.2. The molecule has 0 saturated carbocycles. The maximum atomic E-state index is 13.2. The summed E-state index contributed by atoms with van der Waals surface area (Å²) >= 11 is 0. The Morgan fingerprint density at radius 2 is 1.85 bits per heavy atom. The van der Waals surface area contributed by atoms with Gasteiger partial charge in [0.1, 0.15) is 24.4 Å². The van der Waals surface area contributed by atoms with Gasteiger partial charge < -0.3 is 29.0 Å². The first kappa shape index (κ1) is 25.1. The summed E-state index contributed by atoms with van der Waals surface area (Å²) in [5.41, 5.74) is 1.02. The Labute approximate surface area is 200 Å². The molecule has 3 saturated heterocycles. The second kappa shape index (κ2) is 11.6. The monoisotopic (exact) mass is 476 g/mol. The molecule has 4 rings (SSSR count). The SMILES string of the molecule is CCCC[C@H](OC(=O)CN1CCN(C)CC1)c1ccccc1C(=O)O[C@@H]1CO[C@H]2[C@@H]1OC[C@@H]2O. The van der Waals surface area contributed by atoms with Gasteiger partial charge in [-0.3, -0.25) is 9.69 Å². The average Bonchev–Trinajstić information content (AvgIpc) is 3.41. The topological polar surface area (TPSA) is 97.8 Å². The number of piperazine rings is 1. The second-order valence-corrected chi connectivity index (χ2v) is 9.39. The fraction of sp³-hybridized carbons (Fsp3) is 0.680. The Morgan fingerprint density at radius 3 is 2.62 bits per heavy atom. The van der Waals surface area contributed by atoms with Crippen LogP contribution in [0.5, 0.6) is 0 Å². The van der Waals surface area contributed by atoms with Gasteiger partial charge in [0.15, 0.2) is 6.10 Å². The molecule has 3 heterocycles. The number of rotatable bonds is 9. The van der Waals surface area contributed by atoms with Gasteiger partial charge in [-0.15, -0.1) is 0 Å². The van der Waals surface area contributed by atoms with Gasteiger partial charge in [0.2, 0.25) is 0 Å². The number of hydrogen-bond donors (Lipinski definition) is 1. The molecule has 5 atom stereocenters. The average molecular weight is 477 g/mol. The van der Waals surface area contributed by atoms with Crippen LogP contribution in [-0.4, -0.2) is 104 Å². The fourth-order valence-electron chi connectivity index (χ4n) is 4.76. The van der Waals surface area contributed by atoms with Crippen molar-refractivity contribution in [2.75, 3.05) is 53.0 Å². The largest absolute Gasteiger partial charge is 0.457 e. The summed E-state index contributed by atoms with van der Waals surface area (Å²) in [6.07, 6.45) is -0.328. The summed E-state index contributed by atoms with van der Waals surface area (Å²) in [5, 5.41) is 9.94. The van der Waals surface area contributed by atoms with Crippen molar-refractivity contribution in [2.24, 2.45) is 0 Å². The van der Waals surface area contributed by atoms with Gasteiger partial charge in [0, 0.05) is 31.7 Å². The van der Waals surface area contributed by atoms with Gasteiger partial charge in [0.05, 0.1) is 25.3 Å². The summed E-state index contributed by atoms with van der Waals surface area (Å²) in [6, 6.07) is 7.13. The molecular formula is C25H36N2O7. The molecule has 0 amide bonds. The number of aliphatic hydroxyl groups excluding tert-OH is 1. The zero-order valence-corrected chi connectivity index (χ0v) is 20.1. The number of carbonyl (C=O) groups excluding carboxylic acids is 2. The van der Waals surface area contributed by atoms with Crippen molar-refractivity contribution in [1.82, 2.24) is 9.80 Å². The number of hydrogen-bond acceptors (Lipinski definition) is 9. The second-order valence-electron chi connectivity index (χ2n) is 9.39. The quantitative estimate of drug-likeness (QED) is 0.530. The van der Waals surface area contributed by atoms with Crippen LogP contribution < -0.4 is 0 Å². The number of carbonyl (C=O) groups is 2. The van der Waals surface area contributed by atoms with E-state index < -0.39 is 36.5 Å². The lowest BCUT2D eigenvalue weighted by Gasteiger charge is -2.32. The van der Waals surface area contributed by atoms with E-state index in [9.17, 15) is 14.7 Å².